The third-order valence-electron chi connectivity index (χ3n) is 4.79. The molecule has 3 rings (SSSR count). The number of benzene rings is 1. The third kappa shape index (κ3) is 4.20. The fraction of sp³-hybridized carbons (Fsp3) is 0.474. The van der Waals surface area contributed by atoms with E-state index in [0.717, 1.165) is 13.1 Å². The van der Waals surface area contributed by atoms with Gasteiger partial charge in [0.15, 0.2) is 11.5 Å². The first-order valence-electron chi connectivity index (χ1n) is 8.98. The van der Waals surface area contributed by atoms with Crippen LogP contribution in [0.25, 0.3) is 0 Å². The highest BCUT2D eigenvalue weighted by Crippen LogP contribution is 2.34. The van der Waals surface area contributed by atoms with Crippen LogP contribution in [0.5, 0.6) is 11.5 Å². The van der Waals surface area contributed by atoms with Crippen molar-refractivity contribution in [3.8, 4) is 11.5 Å². The predicted molar refractivity (Wildman–Crippen MR) is 100 cm³/mol. The number of urea groups is 1. The summed E-state index contributed by atoms with van der Waals surface area (Å²) >= 11 is 0. The largest absolute Gasteiger partial charge is 0.493 e. The first kappa shape index (κ1) is 20.0. The van der Waals surface area contributed by atoms with Crippen molar-refractivity contribution >= 4 is 12.0 Å². The Bertz CT molecular complexity index is 773. The van der Waals surface area contributed by atoms with E-state index in [-0.39, 0.29) is 6.03 Å². The quantitative estimate of drug-likeness (QED) is 0.693. The lowest BCUT2D eigenvalue weighted by Gasteiger charge is -2.33. The van der Waals surface area contributed by atoms with Crippen molar-refractivity contribution in [3.05, 3.63) is 35.0 Å². The molecule has 9 nitrogen and oxygen atoms in total. The molecule has 2 aliphatic heterocycles. The van der Waals surface area contributed by atoms with Crippen LogP contribution < -0.4 is 20.1 Å². The molecule has 0 unspecified atom stereocenters. The molecule has 0 radical (unpaired) electrons. The van der Waals surface area contributed by atoms with Crippen molar-refractivity contribution in [2.75, 3.05) is 54.2 Å². The first-order chi connectivity index (χ1) is 13.6. The van der Waals surface area contributed by atoms with Gasteiger partial charge in [-0.1, -0.05) is 6.07 Å². The van der Waals surface area contributed by atoms with Crippen molar-refractivity contribution in [1.82, 2.24) is 15.5 Å². The number of hydrogen-bond donors (Lipinski definition) is 2. The van der Waals surface area contributed by atoms with Gasteiger partial charge in [0.1, 0.15) is 0 Å². The highest BCUT2D eigenvalue weighted by Gasteiger charge is 2.34. The fourth-order valence-electron chi connectivity index (χ4n) is 3.36. The van der Waals surface area contributed by atoms with Crippen LogP contribution in [0, 0.1) is 0 Å². The number of carbonyl (C=O) groups excluding carboxylic acids is 2. The zero-order valence-corrected chi connectivity index (χ0v) is 16.2. The molecule has 152 valence electrons. The number of morpholine rings is 1. The Morgan fingerprint density at radius 3 is 2.54 bits per heavy atom. The average Bonchev–Trinajstić information content (AvgIpc) is 2.73. The number of carbonyl (C=O) groups is 2. The number of ether oxygens (including phenoxy) is 4. The molecule has 0 aromatic heterocycles. The highest BCUT2D eigenvalue weighted by molar-refractivity contribution is 5.95. The first-order valence-corrected chi connectivity index (χ1v) is 8.98. The van der Waals surface area contributed by atoms with Gasteiger partial charge in [0, 0.05) is 25.3 Å². The summed E-state index contributed by atoms with van der Waals surface area (Å²) in [6.07, 6.45) is 0. The minimum atomic E-state index is -0.669. The molecule has 1 fully saturated rings. The molecule has 2 heterocycles. The normalized spacial score (nSPS) is 20.2. The van der Waals surface area contributed by atoms with E-state index in [1.165, 1.54) is 14.2 Å². The zero-order valence-electron chi connectivity index (χ0n) is 16.2. The molecule has 2 aliphatic rings. The van der Waals surface area contributed by atoms with Gasteiger partial charge in [-0.15, -0.1) is 0 Å². The second kappa shape index (κ2) is 8.94. The highest BCUT2D eigenvalue weighted by atomic mass is 16.5. The Hall–Kier alpha value is -2.78. The summed E-state index contributed by atoms with van der Waals surface area (Å²) in [7, 11) is 4.40. The Morgan fingerprint density at radius 1 is 1.18 bits per heavy atom. The van der Waals surface area contributed by atoms with Crippen molar-refractivity contribution < 1.29 is 28.5 Å². The molecule has 0 spiro atoms. The molecular weight excluding hydrogens is 366 g/mol. The van der Waals surface area contributed by atoms with E-state index in [1.807, 2.05) is 0 Å². The van der Waals surface area contributed by atoms with E-state index in [9.17, 15) is 9.59 Å². The second-order valence-electron chi connectivity index (χ2n) is 6.42. The summed E-state index contributed by atoms with van der Waals surface area (Å²) in [4.78, 5) is 27.1. The standard InChI is InChI=1S/C19H25N3O6/c1-25-14-5-4-12(10-15(14)26-2)17-16(18(23)27-3)13(20-19(24)21-17)11-22-6-8-28-9-7-22/h4-5,10,17H,6-9,11H2,1-3H3,(H2,20,21,24)/t17-/m0/s1. The van der Waals surface area contributed by atoms with Crippen molar-refractivity contribution in [2.45, 2.75) is 6.04 Å². The van der Waals surface area contributed by atoms with Gasteiger partial charge in [0.05, 0.1) is 46.2 Å². The maximum atomic E-state index is 12.6. The number of nitrogens with one attached hydrogen (secondary N) is 2. The van der Waals surface area contributed by atoms with Crippen LogP contribution in [0.15, 0.2) is 29.5 Å². The molecule has 2 amide bonds. The average molecular weight is 391 g/mol. The third-order valence-corrected chi connectivity index (χ3v) is 4.79. The Labute approximate surface area is 163 Å². The van der Waals surface area contributed by atoms with Crippen LogP contribution in [0.3, 0.4) is 0 Å². The van der Waals surface area contributed by atoms with E-state index in [0.29, 0.717) is 48.1 Å². The van der Waals surface area contributed by atoms with Crippen molar-refractivity contribution in [2.24, 2.45) is 0 Å². The minimum Gasteiger partial charge on any atom is -0.493 e. The molecule has 1 aromatic carbocycles. The van der Waals surface area contributed by atoms with Gasteiger partial charge in [0.25, 0.3) is 0 Å². The SMILES string of the molecule is COC(=O)C1=C(CN2CCOCC2)NC(=O)N[C@H]1c1ccc(OC)c(OC)c1. The molecule has 2 N–H and O–H groups in total. The van der Waals surface area contributed by atoms with Crippen molar-refractivity contribution in [3.63, 3.8) is 0 Å². The number of methoxy groups -OCH3 is 3. The summed E-state index contributed by atoms with van der Waals surface area (Å²) in [5.41, 5.74) is 1.57. The van der Waals surface area contributed by atoms with Gasteiger partial charge in [-0.2, -0.15) is 0 Å². The van der Waals surface area contributed by atoms with E-state index in [4.69, 9.17) is 18.9 Å². The number of hydrogen-bond acceptors (Lipinski definition) is 7. The molecule has 28 heavy (non-hydrogen) atoms. The smallest absolute Gasteiger partial charge is 0.338 e. The monoisotopic (exact) mass is 391 g/mol. The number of nitrogens with zero attached hydrogens (tertiary/aromatic N) is 1. The summed E-state index contributed by atoms with van der Waals surface area (Å²) in [5, 5.41) is 5.58. The molecule has 1 atom stereocenters. The molecule has 0 aliphatic carbocycles. The van der Waals surface area contributed by atoms with Gasteiger partial charge >= 0.3 is 12.0 Å². The van der Waals surface area contributed by atoms with E-state index >= 15 is 0 Å². The Balaban J connectivity index is 2.00. The van der Waals surface area contributed by atoms with Gasteiger partial charge in [0.2, 0.25) is 0 Å². The van der Waals surface area contributed by atoms with Crippen LogP contribution in [-0.2, 0) is 14.3 Å². The van der Waals surface area contributed by atoms with Crippen LogP contribution >= 0.6 is 0 Å². The van der Waals surface area contributed by atoms with E-state index in [1.54, 1.807) is 25.3 Å². The predicted octanol–water partition coefficient (Wildman–Crippen LogP) is 0.817. The molecule has 9 heteroatoms. The number of rotatable bonds is 6. The van der Waals surface area contributed by atoms with Crippen LogP contribution in [0.4, 0.5) is 4.79 Å². The number of esters is 1. The molecular formula is C19H25N3O6. The van der Waals surface area contributed by atoms with E-state index < -0.39 is 12.0 Å². The lowest BCUT2D eigenvalue weighted by Crippen LogP contribution is -2.49. The van der Waals surface area contributed by atoms with Crippen LogP contribution in [0.2, 0.25) is 0 Å². The fourth-order valence-corrected chi connectivity index (χ4v) is 3.36. The summed E-state index contributed by atoms with van der Waals surface area (Å²) in [5.74, 6) is 0.561. The van der Waals surface area contributed by atoms with Gasteiger partial charge in [-0.3, -0.25) is 4.90 Å². The molecule has 1 saturated heterocycles. The van der Waals surface area contributed by atoms with Gasteiger partial charge < -0.3 is 29.6 Å². The zero-order chi connectivity index (χ0) is 20.1. The second-order valence-corrected chi connectivity index (χ2v) is 6.42. The lowest BCUT2D eigenvalue weighted by molar-refractivity contribution is -0.136. The van der Waals surface area contributed by atoms with Gasteiger partial charge in [-0.25, -0.2) is 9.59 Å². The topological polar surface area (TPSA) is 98.4 Å². The molecule has 1 aromatic rings. The maximum absolute atomic E-state index is 12.6. The summed E-state index contributed by atoms with van der Waals surface area (Å²) < 4.78 is 21.0. The molecule has 0 saturated carbocycles. The Morgan fingerprint density at radius 2 is 1.89 bits per heavy atom. The van der Waals surface area contributed by atoms with Crippen molar-refractivity contribution in [1.29, 1.82) is 0 Å². The number of amides is 2. The molecule has 0 bridgehead atoms. The minimum absolute atomic E-state index is 0.362. The van der Waals surface area contributed by atoms with E-state index in [2.05, 4.69) is 15.5 Å². The summed E-state index contributed by atoms with van der Waals surface area (Å²) in [6.45, 7) is 3.10. The van der Waals surface area contributed by atoms with Crippen LogP contribution in [0.1, 0.15) is 11.6 Å². The lowest BCUT2D eigenvalue weighted by atomic mass is 9.94. The van der Waals surface area contributed by atoms with Crippen LogP contribution in [-0.4, -0.2) is 71.1 Å². The summed E-state index contributed by atoms with van der Waals surface area (Å²) in [6, 6.07) is 4.21. The van der Waals surface area contributed by atoms with Gasteiger partial charge in [-0.05, 0) is 17.7 Å². The Kier molecular flexibility index (Phi) is 6.37. The maximum Gasteiger partial charge on any atom is 0.338 e.